The van der Waals surface area contributed by atoms with Gasteiger partial charge in [0.05, 0.1) is 45.8 Å². The summed E-state index contributed by atoms with van der Waals surface area (Å²) in [6.07, 6.45) is 4.38. The van der Waals surface area contributed by atoms with Gasteiger partial charge in [0.15, 0.2) is 6.23 Å². The molecule has 2 aromatic carbocycles. The third-order valence-electron chi connectivity index (χ3n) is 7.14. The van der Waals surface area contributed by atoms with Gasteiger partial charge in [-0.05, 0) is 30.7 Å². The number of carbonyl (C=O) groups excluding carboxylic acids is 1. The van der Waals surface area contributed by atoms with E-state index in [2.05, 4.69) is 22.0 Å². The Balaban J connectivity index is 1.16. The first kappa shape index (κ1) is 28.4. The van der Waals surface area contributed by atoms with Crippen LogP contribution in [-0.4, -0.2) is 79.4 Å². The molecule has 1 atom stereocenters. The van der Waals surface area contributed by atoms with Crippen molar-refractivity contribution in [2.24, 2.45) is 0 Å². The van der Waals surface area contributed by atoms with Crippen LogP contribution in [0.2, 0.25) is 5.02 Å². The molecule has 3 heterocycles. The van der Waals surface area contributed by atoms with Gasteiger partial charge >= 0.3 is 6.09 Å². The molecule has 10 nitrogen and oxygen atoms in total. The third-order valence-corrected chi connectivity index (χ3v) is 7.47. The van der Waals surface area contributed by atoms with Crippen LogP contribution in [0, 0.1) is 0 Å². The minimum Gasteiger partial charge on any atom is -0.450 e. The van der Waals surface area contributed by atoms with Crippen molar-refractivity contribution < 1.29 is 28.5 Å². The summed E-state index contributed by atoms with van der Waals surface area (Å²) in [7, 11) is 1.61. The molecule has 1 amide bonds. The van der Waals surface area contributed by atoms with E-state index in [1.807, 2.05) is 47.2 Å². The number of imidazole rings is 1. The molecule has 3 aromatic rings. The van der Waals surface area contributed by atoms with E-state index < -0.39 is 5.79 Å². The second kappa shape index (κ2) is 13.0. The summed E-state index contributed by atoms with van der Waals surface area (Å²) < 4.78 is 31.4. The zero-order valence-corrected chi connectivity index (χ0v) is 23.5. The molecule has 40 heavy (non-hydrogen) atoms. The molecule has 0 radical (unpaired) electrons. The number of ether oxygens (including phenoxy) is 5. The van der Waals surface area contributed by atoms with E-state index in [-0.39, 0.29) is 18.4 Å². The molecule has 0 spiro atoms. The number of amides is 1. The second-order valence-corrected chi connectivity index (χ2v) is 10.1. The second-order valence-electron chi connectivity index (χ2n) is 9.72. The third kappa shape index (κ3) is 6.42. The lowest BCUT2D eigenvalue weighted by atomic mass is 10.0. The molecule has 2 aliphatic heterocycles. The van der Waals surface area contributed by atoms with Crippen molar-refractivity contribution in [2.75, 3.05) is 51.5 Å². The molecule has 0 aliphatic carbocycles. The summed E-state index contributed by atoms with van der Waals surface area (Å²) in [5.74, 6) is -1.03. The van der Waals surface area contributed by atoms with Crippen LogP contribution in [0.25, 0.3) is 0 Å². The van der Waals surface area contributed by atoms with Gasteiger partial charge < -0.3 is 33.2 Å². The Morgan fingerprint density at radius 2 is 1.90 bits per heavy atom. The lowest BCUT2D eigenvalue weighted by molar-refractivity contribution is -0.313. The van der Waals surface area contributed by atoms with Gasteiger partial charge in [-0.3, -0.25) is 4.90 Å². The highest BCUT2D eigenvalue weighted by atomic mass is 35.5. The van der Waals surface area contributed by atoms with Crippen molar-refractivity contribution in [1.29, 1.82) is 0 Å². The molecule has 214 valence electrons. The quantitative estimate of drug-likeness (QED) is 0.377. The van der Waals surface area contributed by atoms with Crippen LogP contribution in [0.1, 0.15) is 18.1 Å². The molecule has 5 rings (SSSR count). The standard InChI is InChI=1S/C29H35ClN4O6/c1-3-37-28(35)34-15-14-33(16-27(34)36-2)23-10-8-22(9-11-23)17-38-24-18-39-29(40-19-24,20-32-13-12-31-21-32)25-6-4-5-7-26(25)30/h4-13,21,24,27H,3,14-20H2,1-2H3. The molecule has 0 bridgehead atoms. The average molecular weight is 571 g/mol. The van der Waals surface area contributed by atoms with Gasteiger partial charge in [0.25, 0.3) is 0 Å². The normalized spacial score (nSPS) is 23.3. The maximum absolute atomic E-state index is 12.2. The molecule has 1 unspecified atom stereocenters. The van der Waals surface area contributed by atoms with Crippen LogP contribution >= 0.6 is 11.6 Å². The van der Waals surface area contributed by atoms with Crippen LogP contribution in [0.5, 0.6) is 0 Å². The van der Waals surface area contributed by atoms with Gasteiger partial charge in [0.1, 0.15) is 6.10 Å². The Labute approximate surface area is 239 Å². The number of hydrogen-bond donors (Lipinski definition) is 0. The fourth-order valence-corrected chi connectivity index (χ4v) is 5.26. The Morgan fingerprint density at radius 1 is 1.12 bits per heavy atom. The van der Waals surface area contributed by atoms with Gasteiger partial charge in [-0.15, -0.1) is 0 Å². The smallest absolute Gasteiger partial charge is 0.411 e. The highest BCUT2D eigenvalue weighted by Gasteiger charge is 2.42. The fraction of sp³-hybridized carbons (Fsp3) is 0.448. The zero-order valence-electron chi connectivity index (χ0n) is 22.8. The largest absolute Gasteiger partial charge is 0.450 e. The number of benzene rings is 2. The number of carbonyl (C=O) groups is 1. The molecule has 0 saturated carbocycles. The van der Waals surface area contributed by atoms with E-state index in [0.717, 1.165) is 16.8 Å². The lowest BCUT2D eigenvalue weighted by Gasteiger charge is -2.41. The molecular formula is C29H35ClN4O6. The van der Waals surface area contributed by atoms with E-state index in [4.69, 9.17) is 35.3 Å². The number of hydrogen-bond acceptors (Lipinski definition) is 8. The van der Waals surface area contributed by atoms with Crippen LogP contribution < -0.4 is 4.90 Å². The van der Waals surface area contributed by atoms with E-state index in [0.29, 0.717) is 57.6 Å². The van der Waals surface area contributed by atoms with Crippen LogP contribution in [0.3, 0.4) is 0 Å². The Kier molecular flexibility index (Phi) is 9.23. The summed E-state index contributed by atoms with van der Waals surface area (Å²) in [5, 5.41) is 0.584. The molecule has 1 aromatic heterocycles. The first-order valence-electron chi connectivity index (χ1n) is 13.4. The summed E-state index contributed by atoms with van der Waals surface area (Å²) in [6, 6.07) is 15.8. The van der Waals surface area contributed by atoms with Crippen molar-refractivity contribution in [3.05, 3.63) is 83.4 Å². The summed E-state index contributed by atoms with van der Waals surface area (Å²) in [4.78, 5) is 20.2. The minimum absolute atomic E-state index is 0.225. The maximum Gasteiger partial charge on any atom is 0.411 e. The van der Waals surface area contributed by atoms with Gasteiger partial charge in [0, 0.05) is 48.9 Å². The van der Waals surface area contributed by atoms with Crippen LogP contribution in [-0.2, 0) is 42.6 Å². The Hall–Kier alpha value is -3.15. The van der Waals surface area contributed by atoms with Crippen molar-refractivity contribution in [3.8, 4) is 0 Å². The molecule has 2 fully saturated rings. The van der Waals surface area contributed by atoms with E-state index >= 15 is 0 Å². The van der Waals surface area contributed by atoms with Gasteiger partial charge in [-0.1, -0.05) is 41.9 Å². The molecule has 2 aliphatic rings. The van der Waals surface area contributed by atoms with Crippen LogP contribution in [0.4, 0.5) is 10.5 Å². The Morgan fingerprint density at radius 3 is 2.58 bits per heavy atom. The first-order chi connectivity index (χ1) is 19.5. The first-order valence-corrected chi connectivity index (χ1v) is 13.8. The zero-order chi connectivity index (χ0) is 28.0. The molecule has 0 N–H and O–H groups in total. The number of piperazine rings is 1. The van der Waals surface area contributed by atoms with Gasteiger partial charge in [0.2, 0.25) is 5.79 Å². The molecule has 2 saturated heterocycles. The SMILES string of the molecule is CCOC(=O)N1CCN(c2ccc(COC3COC(Cn4ccnc4)(c4ccccc4Cl)OC3)cc2)CC1OC. The van der Waals surface area contributed by atoms with Crippen molar-refractivity contribution in [2.45, 2.75) is 38.2 Å². The number of rotatable bonds is 9. The van der Waals surface area contributed by atoms with E-state index in [1.54, 1.807) is 31.5 Å². The average Bonchev–Trinajstić information content (AvgIpc) is 3.50. The van der Waals surface area contributed by atoms with Gasteiger partial charge in [-0.2, -0.15) is 0 Å². The highest BCUT2D eigenvalue weighted by molar-refractivity contribution is 6.31. The number of halogens is 1. The Bertz CT molecular complexity index is 1230. The van der Waals surface area contributed by atoms with Crippen molar-refractivity contribution in [3.63, 3.8) is 0 Å². The summed E-state index contributed by atoms with van der Waals surface area (Å²) in [5.41, 5.74) is 2.87. The van der Waals surface area contributed by atoms with E-state index in [1.165, 1.54) is 0 Å². The van der Waals surface area contributed by atoms with Crippen molar-refractivity contribution >= 4 is 23.4 Å². The predicted molar refractivity (Wildman–Crippen MR) is 149 cm³/mol. The highest BCUT2D eigenvalue weighted by Crippen LogP contribution is 2.37. The van der Waals surface area contributed by atoms with E-state index in [9.17, 15) is 4.79 Å². The number of aromatic nitrogens is 2. The monoisotopic (exact) mass is 570 g/mol. The van der Waals surface area contributed by atoms with Crippen LogP contribution in [0.15, 0.2) is 67.3 Å². The fourth-order valence-electron chi connectivity index (χ4n) is 4.98. The summed E-state index contributed by atoms with van der Waals surface area (Å²) in [6.45, 7) is 5.49. The maximum atomic E-state index is 12.2. The topological polar surface area (TPSA) is 87.5 Å². The predicted octanol–water partition coefficient (Wildman–Crippen LogP) is 4.27. The number of methoxy groups -OCH3 is 1. The number of nitrogens with zero attached hydrogens (tertiary/aromatic N) is 4. The van der Waals surface area contributed by atoms with Gasteiger partial charge in [-0.25, -0.2) is 9.78 Å². The molecular weight excluding hydrogens is 536 g/mol. The number of anilines is 1. The molecule has 11 heteroatoms. The van der Waals surface area contributed by atoms with Crippen molar-refractivity contribution in [1.82, 2.24) is 14.5 Å². The summed E-state index contributed by atoms with van der Waals surface area (Å²) >= 11 is 6.53. The lowest BCUT2D eigenvalue weighted by Crippen LogP contribution is -2.56. The minimum atomic E-state index is -1.03.